The van der Waals surface area contributed by atoms with Crippen LogP contribution in [0, 0.1) is 0 Å². The molecule has 2 heterocycles. The largest absolute Gasteiger partial charge is 0.342 e. The second-order valence-corrected chi connectivity index (χ2v) is 16.2. The molecular weight excluding hydrogens is 661 g/mol. The molecule has 0 aliphatic carbocycles. The lowest BCUT2D eigenvalue weighted by molar-refractivity contribution is 0.593. The molecule has 0 N–H and O–H groups in total. The first kappa shape index (κ1) is 31.6. The predicted octanol–water partition coefficient (Wildman–Crippen LogP) is 9.52. The third kappa shape index (κ3) is 5.33. The highest BCUT2D eigenvalue weighted by Gasteiger charge is 2.33. The van der Waals surface area contributed by atoms with Crippen molar-refractivity contribution in [1.82, 2.24) is 0 Å². The van der Waals surface area contributed by atoms with Crippen molar-refractivity contribution in [2.24, 2.45) is 0 Å². The standard InChI is InChI=1S/C42H32N2O4S2/c1-43-35-7-3-5-9-39(35)49(45,46)41-27-31(19-25-37(41)43)13-11-29-15-21-33(22-16-29)34-23-17-30(18-24-34)12-14-32-20-26-38-42(28-32)50(47,48)40-10-6-4-8-36(40)44(38)2/h3-28H,1-2H3/b13-11+,14-12+. The van der Waals surface area contributed by atoms with E-state index in [1.54, 1.807) is 36.4 Å². The normalized spacial score (nSPS) is 15.4. The molecule has 6 aromatic carbocycles. The number of benzene rings is 6. The number of anilines is 4. The molecule has 0 aromatic heterocycles. The highest BCUT2D eigenvalue weighted by Crippen LogP contribution is 2.44. The van der Waals surface area contributed by atoms with Crippen LogP contribution < -0.4 is 9.80 Å². The summed E-state index contributed by atoms with van der Waals surface area (Å²) in [5.41, 5.74) is 8.45. The van der Waals surface area contributed by atoms with Crippen LogP contribution in [0.2, 0.25) is 0 Å². The molecule has 50 heavy (non-hydrogen) atoms. The van der Waals surface area contributed by atoms with Gasteiger partial charge in [-0.05, 0) is 81.9 Å². The minimum Gasteiger partial charge on any atom is -0.342 e. The molecule has 0 fully saturated rings. The van der Waals surface area contributed by atoms with Gasteiger partial charge in [0.05, 0.1) is 42.3 Å². The summed E-state index contributed by atoms with van der Waals surface area (Å²) in [5, 5.41) is 0. The summed E-state index contributed by atoms with van der Waals surface area (Å²) >= 11 is 0. The Bertz CT molecular complexity index is 2410. The van der Waals surface area contributed by atoms with Crippen LogP contribution in [0.3, 0.4) is 0 Å². The maximum absolute atomic E-state index is 13.4. The fourth-order valence-electron chi connectivity index (χ4n) is 6.63. The third-order valence-electron chi connectivity index (χ3n) is 9.39. The van der Waals surface area contributed by atoms with Crippen molar-refractivity contribution < 1.29 is 16.8 Å². The number of sulfone groups is 2. The Labute approximate surface area is 292 Å². The van der Waals surface area contributed by atoms with Gasteiger partial charge in [-0.15, -0.1) is 0 Å². The molecule has 8 heteroatoms. The van der Waals surface area contributed by atoms with E-state index in [1.165, 1.54) is 0 Å². The minimum atomic E-state index is -3.62. The topological polar surface area (TPSA) is 74.8 Å². The summed E-state index contributed by atoms with van der Waals surface area (Å²) in [6.45, 7) is 0. The summed E-state index contributed by atoms with van der Waals surface area (Å²) in [6.07, 6.45) is 7.83. The Morgan fingerprint density at radius 2 is 0.700 bits per heavy atom. The van der Waals surface area contributed by atoms with Crippen LogP contribution >= 0.6 is 0 Å². The summed E-state index contributed by atoms with van der Waals surface area (Å²) in [6, 6.07) is 41.7. The smallest absolute Gasteiger partial charge is 0.210 e. The Morgan fingerprint density at radius 1 is 0.380 bits per heavy atom. The summed E-state index contributed by atoms with van der Waals surface area (Å²) in [5.74, 6) is 0. The molecule has 0 saturated heterocycles. The number of nitrogens with zero attached hydrogens (tertiary/aromatic N) is 2. The molecule has 2 aliphatic rings. The first-order chi connectivity index (χ1) is 24.1. The van der Waals surface area contributed by atoms with Crippen LogP contribution in [-0.4, -0.2) is 30.9 Å². The van der Waals surface area contributed by atoms with Crippen LogP contribution in [0.25, 0.3) is 35.4 Å². The van der Waals surface area contributed by atoms with Gasteiger partial charge in [0.15, 0.2) is 0 Å². The predicted molar refractivity (Wildman–Crippen MR) is 203 cm³/mol. The van der Waals surface area contributed by atoms with Gasteiger partial charge in [0.1, 0.15) is 0 Å². The van der Waals surface area contributed by atoms with E-state index in [4.69, 9.17) is 0 Å². The Hall–Kier alpha value is -5.70. The highest BCUT2D eigenvalue weighted by molar-refractivity contribution is 7.92. The van der Waals surface area contributed by atoms with Gasteiger partial charge in [-0.1, -0.05) is 109 Å². The minimum absolute atomic E-state index is 0.309. The van der Waals surface area contributed by atoms with E-state index in [9.17, 15) is 16.8 Å². The lowest BCUT2D eigenvalue weighted by Crippen LogP contribution is -2.22. The van der Waals surface area contributed by atoms with Crippen molar-refractivity contribution in [2.45, 2.75) is 19.6 Å². The highest BCUT2D eigenvalue weighted by atomic mass is 32.2. The van der Waals surface area contributed by atoms with Gasteiger partial charge in [-0.3, -0.25) is 0 Å². The van der Waals surface area contributed by atoms with Gasteiger partial charge >= 0.3 is 0 Å². The first-order valence-electron chi connectivity index (χ1n) is 16.1. The molecule has 246 valence electrons. The van der Waals surface area contributed by atoms with E-state index in [1.807, 2.05) is 121 Å². The number of hydrogen-bond acceptors (Lipinski definition) is 6. The van der Waals surface area contributed by atoms with E-state index in [2.05, 4.69) is 24.3 Å². The summed E-state index contributed by atoms with van der Waals surface area (Å²) in [7, 11) is -3.46. The molecule has 2 aliphatic heterocycles. The van der Waals surface area contributed by atoms with E-state index >= 15 is 0 Å². The molecular formula is C42H32N2O4S2. The van der Waals surface area contributed by atoms with Gasteiger partial charge in [0, 0.05) is 14.1 Å². The van der Waals surface area contributed by atoms with Gasteiger partial charge in [-0.25, -0.2) is 16.8 Å². The number of fused-ring (bicyclic) bond motifs is 4. The third-order valence-corrected chi connectivity index (χ3v) is 13.1. The zero-order chi connectivity index (χ0) is 34.6. The average molecular weight is 693 g/mol. The second-order valence-electron chi connectivity index (χ2n) is 12.4. The van der Waals surface area contributed by atoms with E-state index < -0.39 is 19.7 Å². The fraction of sp³-hybridized carbons (Fsp3) is 0.0476. The van der Waals surface area contributed by atoms with Crippen LogP contribution in [0.1, 0.15) is 22.3 Å². The van der Waals surface area contributed by atoms with E-state index in [0.29, 0.717) is 42.3 Å². The number of para-hydroxylation sites is 2. The van der Waals surface area contributed by atoms with Crippen molar-refractivity contribution in [1.29, 1.82) is 0 Å². The molecule has 0 unspecified atom stereocenters. The molecule has 0 atom stereocenters. The zero-order valence-electron chi connectivity index (χ0n) is 27.4. The zero-order valence-corrected chi connectivity index (χ0v) is 29.0. The Kier molecular flexibility index (Phi) is 7.58. The quantitative estimate of drug-likeness (QED) is 0.168. The molecule has 0 radical (unpaired) electrons. The molecule has 0 bridgehead atoms. The fourth-order valence-corrected chi connectivity index (χ4v) is 10.1. The van der Waals surface area contributed by atoms with E-state index in [-0.39, 0.29) is 0 Å². The van der Waals surface area contributed by atoms with Gasteiger partial charge in [0.25, 0.3) is 0 Å². The molecule has 6 aromatic rings. The SMILES string of the molecule is CN1c2ccccc2S(=O)(=O)c2cc(/C=C/c3ccc(-c4ccc(/C=C/c5ccc6c(c5)S(=O)(=O)c5ccccc5N6C)cc4)cc3)ccc21. The molecule has 0 spiro atoms. The van der Waals surface area contributed by atoms with Gasteiger partial charge in [0.2, 0.25) is 19.7 Å². The van der Waals surface area contributed by atoms with Crippen molar-refractivity contribution >= 4 is 66.7 Å². The molecule has 0 amide bonds. The maximum Gasteiger partial charge on any atom is 0.210 e. The number of rotatable bonds is 5. The van der Waals surface area contributed by atoms with Gasteiger partial charge < -0.3 is 9.80 Å². The second kappa shape index (κ2) is 12.0. The monoisotopic (exact) mass is 692 g/mol. The molecule has 8 rings (SSSR count). The average Bonchev–Trinajstić information content (AvgIpc) is 3.15. The van der Waals surface area contributed by atoms with Crippen molar-refractivity contribution in [3.05, 3.63) is 156 Å². The number of hydrogen-bond donors (Lipinski definition) is 0. The van der Waals surface area contributed by atoms with E-state index in [0.717, 1.165) is 33.4 Å². The summed E-state index contributed by atoms with van der Waals surface area (Å²) in [4.78, 5) is 5.10. The van der Waals surface area contributed by atoms with Crippen molar-refractivity contribution in [3.63, 3.8) is 0 Å². The van der Waals surface area contributed by atoms with Gasteiger partial charge in [-0.2, -0.15) is 0 Å². The maximum atomic E-state index is 13.4. The summed E-state index contributed by atoms with van der Waals surface area (Å²) < 4.78 is 53.6. The Morgan fingerprint density at radius 3 is 1.10 bits per heavy atom. The van der Waals surface area contributed by atoms with Crippen LogP contribution in [0.4, 0.5) is 22.7 Å². The van der Waals surface area contributed by atoms with Crippen LogP contribution in [-0.2, 0) is 19.7 Å². The van der Waals surface area contributed by atoms with Crippen LogP contribution in [0.15, 0.2) is 153 Å². The molecule has 6 nitrogen and oxygen atoms in total. The van der Waals surface area contributed by atoms with Crippen LogP contribution in [0.5, 0.6) is 0 Å². The first-order valence-corrected chi connectivity index (χ1v) is 19.1. The van der Waals surface area contributed by atoms with Crippen molar-refractivity contribution in [2.75, 3.05) is 23.9 Å². The lowest BCUT2D eigenvalue weighted by Gasteiger charge is -2.29. The molecule has 0 saturated carbocycles. The van der Waals surface area contributed by atoms with Crippen molar-refractivity contribution in [3.8, 4) is 11.1 Å². The Balaban J connectivity index is 0.964. The lowest BCUT2D eigenvalue weighted by atomic mass is 10.0.